The molecule has 140 valence electrons. The Hall–Kier alpha value is -2.28. The fourth-order valence-corrected chi connectivity index (χ4v) is 3.43. The fourth-order valence-electron chi connectivity index (χ4n) is 3.43. The standard InChI is InChI=1S/C19H28N6O/c1-5-24(6-2)11-10-23(4)18-20-13-16-17(22-18)25(14-21-16)19(3)9-7-8-15(26)12-19/h7,9,13-14H,5-6,8,10-12H2,1-4H3. The number of Topliss-reactive ketones (excluding diaryl/α,β-unsaturated/α-hetero) is 1. The van der Waals surface area contributed by atoms with Crippen molar-refractivity contribution in [2.45, 2.75) is 39.2 Å². The van der Waals surface area contributed by atoms with Crippen molar-refractivity contribution in [2.75, 3.05) is 38.1 Å². The summed E-state index contributed by atoms with van der Waals surface area (Å²) in [7, 11) is 2.01. The third kappa shape index (κ3) is 3.62. The molecule has 3 rings (SSSR count). The van der Waals surface area contributed by atoms with E-state index in [9.17, 15) is 4.79 Å². The second-order valence-electron chi connectivity index (χ2n) is 7.12. The number of carbonyl (C=O) groups is 1. The molecular weight excluding hydrogens is 328 g/mol. The molecule has 0 amide bonds. The molecule has 2 heterocycles. The molecule has 7 nitrogen and oxygen atoms in total. The van der Waals surface area contributed by atoms with Crippen LogP contribution in [-0.4, -0.2) is 63.4 Å². The second kappa shape index (κ2) is 7.53. The molecule has 0 fully saturated rings. The van der Waals surface area contributed by atoms with E-state index in [-0.39, 0.29) is 5.78 Å². The second-order valence-corrected chi connectivity index (χ2v) is 7.12. The van der Waals surface area contributed by atoms with E-state index in [1.54, 1.807) is 12.5 Å². The van der Waals surface area contributed by atoms with Gasteiger partial charge in [-0.25, -0.2) is 9.97 Å². The van der Waals surface area contributed by atoms with E-state index in [0.29, 0.717) is 18.8 Å². The summed E-state index contributed by atoms with van der Waals surface area (Å²) >= 11 is 0. The summed E-state index contributed by atoms with van der Waals surface area (Å²) in [6, 6.07) is 0. The molecule has 0 bridgehead atoms. The average Bonchev–Trinajstić information content (AvgIpc) is 3.06. The molecule has 7 heteroatoms. The summed E-state index contributed by atoms with van der Waals surface area (Å²) in [5.74, 6) is 0.920. The number of anilines is 1. The number of likely N-dealkylation sites (N-methyl/N-ethyl adjacent to an activating group) is 2. The lowest BCUT2D eigenvalue weighted by Gasteiger charge is -2.30. The van der Waals surface area contributed by atoms with Crippen molar-refractivity contribution in [3.8, 4) is 0 Å². The highest BCUT2D eigenvalue weighted by atomic mass is 16.1. The maximum absolute atomic E-state index is 12.0. The third-order valence-corrected chi connectivity index (χ3v) is 5.19. The van der Waals surface area contributed by atoms with Crippen LogP contribution in [0.1, 0.15) is 33.6 Å². The van der Waals surface area contributed by atoms with Gasteiger partial charge in [0.25, 0.3) is 0 Å². The lowest BCUT2D eigenvalue weighted by atomic mass is 9.88. The molecule has 0 saturated heterocycles. The summed E-state index contributed by atoms with van der Waals surface area (Å²) in [4.78, 5) is 30.1. The lowest BCUT2D eigenvalue weighted by Crippen LogP contribution is -2.34. The van der Waals surface area contributed by atoms with Crippen LogP contribution in [-0.2, 0) is 10.3 Å². The molecule has 1 unspecified atom stereocenters. The number of rotatable bonds is 7. The first-order valence-electron chi connectivity index (χ1n) is 9.30. The van der Waals surface area contributed by atoms with Crippen LogP contribution in [0.2, 0.25) is 0 Å². The minimum Gasteiger partial charge on any atom is -0.343 e. The molecular formula is C19H28N6O. The Labute approximate surface area is 154 Å². The number of imidazole rings is 1. The van der Waals surface area contributed by atoms with Crippen LogP contribution in [0.3, 0.4) is 0 Å². The summed E-state index contributed by atoms with van der Waals surface area (Å²) < 4.78 is 2.00. The smallest absolute Gasteiger partial charge is 0.227 e. The maximum atomic E-state index is 12.0. The maximum Gasteiger partial charge on any atom is 0.227 e. The zero-order valence-electron chi connectivity index (χ0n) is 16.1. The van der Waals surface area contributed by atoms with Crippen LogP contribution in [0.15, 0.2) is 24.7 Å². The van der Waals surface area contributed by atoms with Gasteiger partial charge in [-0.15, -0.1) is 0 Å². The largest absolute Gasteiger partial charge is 0.343 e. The molecule has 2 aromatic heterocycles. The van der Waals surface area contributed by atoms with Crippen molar-refractivity contribution >= 4 is 22.9 Å². The van der Waals surface area contributed by atoms with Crippen molar-refractivity contribution in [3.05, 3.63) is 24.7 Å². The van der Waals surface area contributed by atoms with E-state index in [1.807, 2.05) is 24.6 Å². The van der Waals surface area contributed by atoms with Crippen molar-refractivity contribution in [1.29, 1.82) is 0 Å². The van der Waals surface area contributed by atoms with E-state index in [4.69, 9.17) is 4.98 Å². The first kappa shape index (κ1) is 18.5. The zero-order chi connectivity index (χ0) is 18.7. The van der Waals surface area contributed by atoms with Crippen LogP contribution < -0.4 is 4.90 Å². The lowest BCUT2D eigenvalue weighted by molar-refractivity contribution is -0.120. The van der Waals surface area contributed by atoms with Crippen molar-refractivity contribution in [3.63, 3.8) is 0 Å². The average molecular weight is 356 g/mol. The quantitative estimate of drug-likeness (QED) is 0.709. The Morgan fingerprint density at radius 1 is 1.23 bits per heavy atom. The SMILES string of the molecule is CCN(CC)CCN(C)c1ncc2ncn(C3(C)C=CCC(=O)C3)c2n1. The van der Waals surface area contributed by atoms with Crippen LogP contribution >= 0.6 is 0 Å². The molecule has 2 aromatic rings. The van der Waals surface area contributed by atoms with E-state index in [1.165, 1.54) is 0 Å². The van der Waals surface area contributed by atoms with Crippen LogP contribution in [0.5, 0.6) is 0 Å². The Morgan fingerprint density at radius 3 is 2.69 bits per heavy atom. The van der Waals surface area contributed by atoms with Gasteiger partial charge in [-0.05, 0) is 20.0 Å². The van der Waals surface area contributed by atoms with Gasteiger partial charge in [-0.2, -0.15) is 4.98 Å². The fraction of sp³-hybridized carbons (Fsp3) is 0.579. The number of ketones is 1. The van der Waals surface area contributed by atoms with Gasteiger partial charge in [0.2, 0.25) is 5.95 Å². The number of nitrogens with zero attached hydrogens (tertiary/aromatic N) is 6. The number of fused-ring (bicyclic) bond motifs is 1. The molecule has 0 spiro atoms. The number of aromatic nitrogens is 4. The van der Waals surface area contributed by atoms with Gasteiger partial charge in [0.1, 0.15) is 11.3 Å². The van der Waals surface area contributed by atoms with Gasteiger partial charge < -0.3 is 14.4 Å². The predicted molar refractivity (Wildman–Crippen MR) is 103 cm³/mol. The number of hydrogen-bond acceptors (Lipinski definition) is 6. The molecule has 0 saturated carbocycles. The van der Waals surface area contributed by atoms with Gasteiger partial charge in [0.05, 0.1) is 18.1 Å². The number of carbonyl (C=O) groups excluding carboxylic acids is 1. The minimum atomic E-state index is -0.421. The highest BCUT2D eigenvalue weighted by Gasteiger charge is 2.31. The summed E-state index contributed by atoms with van der Waals surface area (Å²) in [6.07, 6.45) is 8.53. The van der Waals surface area contributed by atoms with E-state index >= 15 is 0 Å². The minimum absolute atomic E-state index is 0.238. The van der Waals surface area contributed by atoms with Crippen molar-refractivity contribution in [2.24, 2.45) is 0 Å². The summed E-state index contributed by atoms with van der Waals surface area (Å²) in [6.45, 7) is 10.3. The van der Waals surface area contributed by atoms with E-state index < -0.39 is 5.54 Å². The van der Waals surface area contributed by atoms with Crippen LogP contribution in [0, 0.1) is 0 Å². The Bertz CT molecular complexity index is 809. The van der Waals surface area contributed by atoms with Gasteiger partial charge in [0.15, 0.2) is 5.65 Å². The van der Waals surface area contributed by atoms with Crippen molar-refractivity contribution in [1.82, 2.24) is 24.4 Å². The molecule has 26 heavy (non-hydrogen) atoms. The van der Waals surface area contributed by atoms with Crippen LogP contribution in [0.4, 0.5) is 5.95 Å². The third-order valence-electron chi connectivity index (χ3n) is 5.19. The Kier molecular flexibility index (Phi) is 5.36. The first-order chi connectivity index (χ1) is 12.5. The normalized spacial score (nSPS) is 20.3. The molecule has 0 aliphatic heterocycles. The molecule has 1 atom stereocenters. The monoisotopic (exact) mass is 356 g/mol. The van der Waals surface area contributed by atoms with Gasteiger partial charge in [-0.1, -0.05) is 26.0 Å². The Balaban J connectivity index is 1.87. The molecule has 1 aliphatic carbocycles. The number of hydrogen-bond donors (Lipinski definition) is 0. The van der Waals surface area contributed by atoms with E-state index in [0.717, 1.165) is 37.3 Å². The topological polar surface area (TPSA) is 67.2 Å². The molecule has 1 aliphatic rings. The molecule has 0 aromatic carbocycles. The van der Waals surface area contributed by atoms with E-state index in [2.05, 4.69) is 39.7 Å². The molecule has 0 radical (unpaired) electrons. The summed E-state index contributed by atoms with van der Waals surface area (Å²) in [5.41, 5.74) is 1.10. The Morgan fingerprint density at radius 2 is 2.00 bits per heavy atom. The van der Waals surface area contributed by atoms with Gasteiger partial charge in [-0.3, -0.25) is 4.79 Å². The highest BCUT2D eigenvalue weighted by molar-refractivity contribution is 5.83. The molecule has 0 N–H and O–H groups in total. The van der Waals surface area contributed by atoms with Crippen molar-refractivity contribution < 1.29 is 4.79 Å². The van der Waals surface area contributed by atoms with Gasteiger partial charge in [0, 0.05) is 33.0 Å². The zero-order valence-corrected chi connectivity index (χ0v) is 16.1. The summed E-state index contributed by atoms with van der Waals surface area (Å²) in [5, 5.41) is 0. The highest BCUT2D eigenvalue weighted by Crippen LogP contribution is 2.30. The first-order valence-corrected chi connectivity index (χ1v) is 9.30. The van der Waals surface area contributed by atoms with Crippen LogP contribution in [0.25, 0.3) is 11.2 Å². The predicted octanol–water partition coefficient (Wildman–Crippen LogP) is 2.24. The van der Waals surface area contributed by atoms with Gasteiger partial charge >= 0.3 is 0 Å². The number of allylic oxidation sites excluding steroid dienone is 2.